The SMILES string of the molecule is N[C@H](C(=O)O)[C@H](OCC1=CCN(C(=O)OCc2ccccc2)CC1)c1nc(Br)cs1. The van der Waals surface area contributed by atoms with Crippen LogP contribution in [0.1, 0.15) is 23.1 Å². The lowest BCUT2D eigenvalue weighted by Crippen LogP contribution is -2.39. The molecule has 3 rings (SSSR count). The van der Waals surface area contributed by atoms with E-state index < -0.39 is 18.1 Å². The summed E-state index contributed by atoms with van der Waals surface area (Å²) in [5, 5.41) is 11.5. The molecule has 1 amide bonds. The molecule has 1 aliphatic heterocycles. The minimum atomic E-state index is -1.23. The number of ether oxygens (including phenoxy) is 2. The van der Waals surface area contributed by atoms with Crippen molar-refractivity contribution in [1.82, 2.24) is 9.88 Å². The Morgan fingerprint density at radius 1 is 1.30 bits per heavy atom. The number of benzene rings is 1. The van der Waals surface area contributed by atoms with Gasteiger partial charge < -0.3 is 25.2 Å². The zero-order valence-electron chi connectivity index (χ0n) is 16.1. The van der Waals surface area contributed by atoms with Crippen LogP contribution in [0.5, 0.6) is 0 Å². The highest BCUT2D eigenvalue weighted by Crippen LogP contribution is 2.27. The van der Waals surface area contributed by atoms with Crippen molar-refractivity contribution in [2.75, 3.05) is 19.7 Å². The molecule has 2 aromatic rings. The van der Waals surface area contributed by atoms with Crippen LogP contribution < -0.4 is 5.73 Å². The normalized spacial score (nSPS) is 15.9. The largest absolute Gasteiger partial charge is 0.480 e. The fourth-order valence-electron chi connectivity index (χ4n) is 2.87. The molecule has 30 heavy (non-hydrogen) atoms. The van der Waals surface area contributed by atoms with Crippen molar-refractivity contribution >= 4 is 39.3 Å². The van der Waals surface area contributed by atoms with Crippen LogP contribution in [-0.2, 0) is 20.9 Å². The molecular weight excluding hydrogens is 474 g/mol. The maximum absolute atomic E-state index is 12.2. The number of carbonyl (C=O) groups excluding carboxylic acids is 1. The average Bonchev–Trinajstić information content (AvgIpc) is 3.19. The number of nitrogens with zero attached hydrogens (tertiary/aromatic N) is 2. The average molecular weight is 496 g/mol. The first kappa shape index (κ1) is 22.4. The quantitative estimate of drug-likeness (QED) is 0.539. The highest BCUT2D eigenvalue weighted by molar-refractivity contribution is 9.10. The van der Waals surface area contributed by atoms with Crippen LogP contribution in [0.25, 0.3) is 0 Å². The van der Waals surface area contributed by atoms with Crippen LogP contribution in [0.4, 0.5) is 4.79 Å². The van der Waals surface area contributed by atoms with Gasteiger partial charge in [-0.25, -0.2) is 9.78 Å². The second-order valence-corrected chi connectivity index (χ2v) is 8.40. The van der Waals surface area contributed by atoms with Crippen LogP contribution in [0.2, 0.25) is 0 Å². The van der Waals surface area contributed by atoms with E-state index in [-0.39, 0.29) is 19.3 Å². The molecule has 0 unspecified atom stereocenters. The van der Waals surface area contributed by atoms with Crippen LogP contribution >= 0.6 is 27.3 Å². The third-order valence-corrected chi connectivity index (χ3v) is 6.18. The van der Waals surface area contributed by atoms with E-state index in [1.165, 1.54) is 11.3 Å². The minimum Gasteiger partial charge on any atom is -0.480 e. The second kappa shape index (κ2) is 10.7. The van der Waals surface area contributed by atoms with Gasteiger partial charge >= 0.3 is 12.1 Å². The Hall–Kier alpha value is -2.27. The first-order valence-corrected chi connectivity index (χ1v) is 11.0. The second-order valence-electron chi connectivity index (χ2n) is 6.70. The molecule has 0 saturated heterocycles. The summed E-state index contributed by atoms with van der Waals surface area (Å²) in [4.78, 5) is 29.4. The molecule has 0 saturated carbocycles. The molecule has 0 fully saturated rings. The molecule has 10 heteroatoms. The van der Waals surface area contributed by atoms with E-state index in [2.05, 4.69) is 20.9 Å². The topological polar surface area (TPSA) is 115 Å². The lowest BCUT2D eigenvalue weighted by atomic mass is 10.1. The van der Waals surface area contributed by atoms with E-state index in [0.29, 0.717) is 29.1 Å². The van der Waals surface area contributed by atoms with E-state index in [4.69, 9.17) is 15.2 Å². The number of carbonyl (C=O) groups is 2. The van der Waals surface area contributed by atoms with Gasteiger partial charge in [0.05, 0.1) is 6.61 Å². The molecule has 3 N–H and O–H groups in total. The Bertz CT molecular complexity index is 905. The maximum Gasteiger partial charge on any atom is 0.410 e. The first-order valence-electron chi connectivity index (χ1n) is 9.28. The molecule has 160 valence electrons. The predicted molar refractivity (Wildman–Crippen MR) is 115 cm³/mol. The lowest BCUT2D eigenvalue weighted by Gasteiger charge is -2.27. The van der Waals surface area contributed by atoms with Crippen molar-refractivity contribution in [2.45, 2.75) is 25.2 Å². The molecule has 8 nitrogen and oxygen atoms in total. The molecule has 0 bridgehead atoms. The van der Waals surface area contributed by atoms with Gasteiger partial charge in [-0.15, -0.1) is 11.3 Å². The van der Waals surface area contributed by atoms with Gasteiger partial charge in [0.2, 0.25) is 0 Å². The number of aromatic nitrogens is 1. The fraction of sp³-hybridized carbons (Fsp3) is 0.350. The van der Waals surface area contributed by atoms with Gasteiger partial charge in [-0.1, -0.05) is 36.4 Å². The molecule has 1 aromatic heterocycles. The number of carboxylic acid groups (broad SMARTS) is 1. The molecule has 0 aliphatic carbocycles. The van der Waals surface area contributed by atoms with Gasteiger partial charge in [0, 0.05) is 18.5 Å². The number of aliphatic carboxylic acids is 1. The molecule has 1 aromatic carbocycles. The summed E-state index contributed by atoms with van der Waals surface area (Å²) >= 11 is 4.54. The standard InChI is InChI=1S/C20H22BrN3O5S/c21-15-12-30-18(23-15)17(16(22)19(25)26)28-10-14-6-8-24(9-7-14)20(27)29-11-13-4-2-1-3-5-13/h1-6,12,16-17H,7-11,22H2,(H,25,26)/t16-,17-/m0/s1. The molecule has 0 radical (unpaired) electrons. The Balaban J connectivity index is 1.52. The summed E-state index contributed by atoms with van der Waals surface area (Å²) in [5.74, 6) is -1.16. The van der Waals surface area contributed by atoms with Crippen LogP contribution in [0, 0.1) is 0 Å². The monoisotopic (exact) mass is 495 g/mol. The minimum absolute atomic E-state index is 0.218. The van der Waals surface area contributed by atoms with Crippen molar-refractivity contribution in [3.8, 4) is 0 Å². The van der Waals surface area contributed by atoms with Crippen molar-refractivity contribution in [3.63, 3.8) is 0 Å². The predicted octanol–water partition coefficient (Wildman–Crippen LogP) is 3.34. The molecule has 2 heterocycles. The van der Waals surface area contributed by atoms with Crippen LogP contribution in [-0.4, -0.2) is 52.8 Å². The summed E-state index contributed by atoms with van der Waals surface area (Å²) in [6.07, 6.45) is 1.29. The Labute approximate surface area is 186 Å². The summed E-state index contributed by atoms with van der Waals surface area (Å²) in [7, 11) is 0. The number of rotatable bonds is 8. The molecule has 2 atom stereocenters. The molecule has 1 aliphatic rings. The van der Waals surface area contributed by atoms with Gasteiger partial charge in [0.1, 0.15) is 28.4 Å². The highest BCUT2D eigenvalue weighted by atomic mass is 79.9. The Morgan fingerprint density at radius 3 is 2.67 bits per heavy atom. The smallest absolute Gasteiger partial charge is 0.410 e. The van der Waals surface area contributed by atoms with Crippen LogP contribution in [0.15, 0.2) is 52.0 Å². The van der Waals surface area contributed by atoms with Crippen molar-refractivity contribution in [3.05, 3.63) is 62.5 Å². The number of nitrogens with two attached hydrogens (primary N) is 1. The first-order chi connectivity index (χ1) is 14.4. The van der Waals surface area contributed by atoms with Gasteiger partial charge in [0.15, 0.2) is 0 Å². The summed E-state index contributed by atoms with van der Waals surface area (Å²) in [6.45, 7) is 1.36. The van der Waals surface area contributed by atoms with Crippen LogP contribution in [0.3, 0.4) is 0 Å². The van der Waals surface area contributed by atoms with E-state index in [1.807, 2.05) is 36.4 Å². The number of amides is 1. The third kappa shape index (κ3) is 6.11. The van der Waals surface area contributed by atoms with Gasteiger partial charge in [-0.05, 0) is 33.5 Å². The number of carboxylic acids is 1. The van der Waals surface area contributed by atoms with E-state index >= 15 is 0 Å². The van der Waals surface area contributed by atoms with E-state index in [0.717, 1.165) is 11.1 Å². The van der Waals surface area contributed by atoms with Gasteiger partial charge in [-0.2, -0.15) is 0 Å². The third-order valence-electron chi connectivity index (χ3n) is 4.56. The number of thiazole rings is 1. The fourth-order valence-corrected chi connectivity index (χ4v) is 4.23. The molecular formula is C20H22BrN3O5S. The zero-order chi connectivity index (χ0) is 21.5. The molecule has 0 spiro atoms. The summed E-state index contributed by atoms with van der Waals surface area (Å²) in [6, 6.07) is 8.28. The van der Waals surface area contributed by atoms with Crippen molar-refractivity contribution in [1.29, 1.82) is 0 Å². The van der Waals surface area contributed by atoms with Crippen molar-refractivity contribution in [2.24, 2.45) is 5.73 Å². The van der Waals surface area contributed by atoms with E-state index in [9.17, 15) is 14.7 Å². The summed E-state index contributed by atoms with van der Waals surface area (Å²) in [5.41, 5.74) is 7.70. The Morgan fingerprint density at radius 2 is 2.07 bits per heavy atom. The number of hydrogen-bond donors (Lipinski definition) is 2. The number of halogens is 1. The zero-order valence-corrected chi connectivity index (χ0v) is 18.5. The van der Waals surface area contributed by atoms with Crippen molar-refractivity contribution < 1.29 is 24.2 Å². The summed E-state index contributed by atoms with van der Waals surface area (Å²) < 4.78 is 11.8. The highest BCUT2D eigenvalue weighted by Gasteiger charge is 2.30. The van der Waals surface area contributed by atoms with Gasteiger partial charge in [-0.3, -0.25) is 4.79 Å². The van der Waals surface area contributed by atoms with E-state index in [1.54, 1.807) is 10.3 Å². The van der Waals surface area contributed by atoms with Gasteiger partial charge in [0.25, 0.3) is 0 Å². The maximum atomic E-state index is 12.2. The Kier molecular flexibility index (Phi) is 7.97. The number of hydrogen-bond acceptors (Lipinski definition) is 7. The lowest BCUT2D eigenvalue weighted by molar-refractivity contribution is -0.142.